The van der Waals surface area contributed by atoms with Gasteiger partial charge in [-0.3, -0.25) is 0 Å². The number of nitrogens with zero attached hydrogens (tertiary/aromatic N) is 1. The Labute approximate surface area is 229 Å². The summed E-state index contributed by atoms with van der Waals surface area (Å²) in [5.74, 6) is 0. The molecule has 0 aromatic heterocycles. The third-order valence-corrected chi connectivity index (χ3v) is 7.02. The van der Waals surface area contributed by atoms with E-state index in [4.69, 9.17) is 35.3 Å². The number of unbranched alkanes of at least 4 members (excludes halogenated alkanes) is 4. The van der Waals surface area contributed by atoms with Gasteiger partial charge in [-0.1, -0.05) is 77.1 Å². The fourth-order valence-electron chi connectivity index (χ4n) is 4.42. The van der Waals surface area contributed by atoms with Crippen LogP contribution >= 0.6 is 11.6 Å². The average Bonchev–Trinajstić information content (AvgIpc) is 2.90. The zero-order valence-electron chi connectivity index (χ0n) is 23.4. The Morgan fingerprint density at radius 1 is 0.811 bits per heavy atom. The molecule has 1 aliphatic rings. The van der Waals surface area contributed by atoms with Crippen LogP contribution in [0, 0.1) is 11.3 Å². The standard InChI is InChI=1S/C30H48ClNO5/c1-5-9-17-33-22-26-28(34-18-10-6-2)30(36-20-12-8-4)29(35-19-11-7-3)27(37-26)24-13-14-25(31)23(21-24)15-16-32/h13-14,21,26-30H,5-12,15,17-20,22H2,1-4H3/t26-,27+,28-,29+,30+/m1/s1. The van der Waals surface area contributed by atoms with Crippen LogP contribution in [0.4, 0.5) is 0 Å². The average molecular weight is 538 g/mol. The monoisotopic (exact) mass is 537 g/mol. The molecule has 0 aliphatic carbocycles. The molecule has 0 radical (unpaired) electrons. The van der Waals surface area contributed by atoms with E-state index < -0.39 is 0 Å². The molecule has 1 heterocycles. The third-order valence-electron chi connectivity index (χ3n) is 6.65. The molecule has 210 valence electrons. The highest BCUT2D eigenvalue weighted by Gasteiger charge is 2.48. The van der Waals surface area contributed by atoms with Crippen LogP contribution < -0.4 is 0 Å². The van der Waals surface area contributed by atoms with Crippen LogP contribution in [0.3, 0.4) is 0 Å². The van der Waals surface area contributed by atoms with Crippen molar-refractivity contribution in [3.05, 3.63) is 34.3 Å². The Morgan fingerprint density at radius 3 is 1.97 bits per heavy atom. The Hall–Kier alpha value is -1.20. The summed E-state index contributed by atoms with van der Waals surface area (Å²) in [5, 5.41) is 9.89. The fourth-order valence-corrected chi connectivity index (χ4v) is 4.60. The van der Waals surface area contributed by atoms with Gasteiger partial charge < -0.3 is 23.7 Å². The van der Waals surface area contributed by atoms with E-state index in [-0.39, 0.29) is 36.9 Å². The lowest BCUT2D eigenvalue weighted by Gasteiger charge is -2.46. The van der Waals surface area contributed by atoms with Gasteiger partial charge in [-0.05, 0) is 42.9 Å². The van der Waals surface area contributed by atoms with Crippen molar-refractivity contribution < 1.29 is 23.7 Å². The van der Waals surface area contributed by atoms with E-state index in [0.717, 1.165) is 62.5 Å². The van der Waals surface area contributed by atoms with E-state index in [2.05, 4.69) is 33.8 Å². The summed E-state index contributed by atoms with van der Waals surface area (Å²) in [4.78, 5) is 0. The summed E-state index contributed by atoms with van der Waals surface area (Å²) in [6.45, 7) is 11.6. The van der Waals surface area contributed by atoms with Gasteiger partial charge >= 0.3 is 0 Å². The second kappa shape index (κ2) is 19.0. The molecule has 0 N–H and O–H groups in total. The summed E-state index contributed by atoms with van der Waals surface area (Å²) < 4.78 is 32.4. The smallest absolute Gasteiger partial charge is 0.117 e. The SMILES string of the molecule is CCCCOC[C@H]1O[C@@H](c2ccc(Cl)c(CC#N)c2)[C@H](OCCCC)[C@@H](OCCCC)[C@@H]1OCCCC. The predicted molar refractivity (Wildman–Crippen MR) is 148 cm³/mol. The van der Waals surface area contributed by atoms with Crippen molar-refractivity contribution in [1.29, 1.82) is 5.26 Å². The maximum absolute atomic E-state index is 9.31. The maximum atomic E-state index is 9.31. The Bertz CT molecular complexity index is 786. The van der Waals surface area contributed by atoms with Gasteiger partial charge in [-0.25, -0.2) is 0 Å². The van der Waals surface area contributed by atoms with Crippen LogP contribution in [0.5, 0.6) is 0 Å². The summed E-state index contributed by atoms with van der Waals surface area (Å²) >= 11 is 6.40. The summed E-state index contributed by atoms with van der Waals surface area (Å²) in [5.41, 5.74) is 1.73. The van der Waals surface area contributed by atoms with Gasteiger partial charge in [-0.15, -0.1) is 0 Å². The van der Waals surface area contributed by atoms with Crippen LogP contribution in [0.1, 0.15) is 96.3 Å². The van der Waals surface area contributed by atoms with Crippen molar-refractivity contribution in [2.24, 2.45) is 0 Å². The minimum Gasteiger partial charge on any atom is -0.379 e. The van der Waals surface area contributed by atoms with E-state index >= 15 is 0 Å². The van der Waals surface area contributed by atoms with E-state index in [9.17, 15) is 5.26 Å². The lowest BCUT2D eigenvalue weighted by molar-refractivity contribution is -0.268. The molecule has 1 aromatic carbocycles. The van der Waals surface area contributed by atoms with Crippen LogP contribution in [-0.4, -0.2) is 57.5 Å². The Morgan fingerprint density at radius 2 is 1.38 bits per heavy atom. The number of ether oxygens (including phenoxy) is 5. The first kappa shape index (κ1) is 32.0. The van der Waals surface area contributed by atoms with E-state index in [1.165, 1.54) is 0 Å². The van der Waals surface area contributed by atoms with Crippen molar-refractivity contribution in [2.45, 2.75) is 116 Å². The van der Waals surface area contributed by atoms with Gasteiger partial charge in [0, 0.05) is 31.5 Å². The van der Waals surface area contributed by atoms with Crippen LogP contribution in [-0.2, 0) is 30.1 Å². The molecule has 1 aromatic rings. The molecule has 0 spiro atoms. The minimum atomic E-state index is -0.385. The third kappa shape index (κ3) is 10.5. The Balaban J connectivity index is 2.44. The molecule has 0 saturated carbocycles. The molecule has 1 fully saturated rings. The number of hydrogen-bond donors (Lipinski definition) is 0. The molecule has 7 heteroatoms. The first-order valence-corrected chi connectivity index (χ1v) is 14.7. The van der Waals surface area contributed by atoms with Gasteiger partial charge in [0.2, 0.25) is 0 Å². The van der Waals surface area contributed by atoms with Crippen molar-refractivity contribution in [2.75, 3.05) is 33.0 Å². The summed E-state index contributed by atoms with van der Waals surface area (Å²) in [7, 11) is 0. The topological polar surface area (TPSA) is 69.9 Å². The van der Waals surface area contributed by atoms with Gasteiger partial charge in [-0.2, -0.15) is 5.26 Å². The van der Waals surface area contributed by atoms with E-state index in [0.29, 0.717) is 38.1 Å². The highest BCUT2D eigenvalue weighted by molar-refractivity contribution is 6.31. The zero-order chi connectivity index (χ0) is 26.9. The van der Waals surface area contributed by atoms with Gasteiger partial charge in [0.1, 0.15) is 30.5 Å². The number of nitriles is 1. The molecule has 5 atom stereocenters. The van der Waals surface area contributed by atoms with E-state index in [1.54, 1.807) is 0 Å². The molecule has 1 aliphatic heterocycles. The molecular formula is C30H48ClNO5. The maximum Gasteiger partial charge on any atom is 0.117 e. The van der Waals surface area contributed by atoms with Gasteiger partial charge in [0.25, 0.3) is 0 Å². The highest BCUT2D eigenvalue weighted by atomic mass is 35.5. The largest absolute Gasteiger partial charge is 0.379 e. The van der Waals surface area contributed by atoms with Crippen molar-refractivity contribution in [3.63, 3.8) is 0 Å². The molecule has 2 rings (SSSR count). The number of rotatable bonds is 19. The quantitative estimate of drug-likeness (QED) is 0.173. The molecule has 37 heavy (non-hydrogen) atoms. The first-order chi connectivity index (χ1) is 18.1. The number of halogens is 1. The van der Waals surface area contributed by atoms with Crippen LogP contribution in [0.15, 0.2) is 18.2 Å². The second-order valence-corrected chi connectivity index (χ2v) is 10.2. The molecule has 0 unspecified atom stereocenters. The van der Waals surface area contributed by atoms with Crippen LogP contribution in [0.2, 0.25) is 5.02 Å². The minimum absolute atomic E-state index is 0.240. The normalized spacial score (nSPS) is 23.7. The Kier molecular flexibility index (Phi) is 16.4. The molecule has 1 saturated heterocycles. The lowest BCUT2D eigenvalue weighted by Crippen LogP contribution is -2.58. The second-order valence-electron chi connectivity index (χ2n) is 9.78. The van der Waals surface area contributed by atoms with Gasteiger partial charge in [0.15, 0.2) is 0 Å². The number of hydrogen-bond acceptors (Lipinski definition) is 6. The molecule has 0 bridgehead atoms. The van der Waals surface area contributed by atoms with Crippen molar-refractivity contribution in [1.82, 2.24) is 0 Å². The van der Waals surface area contributed by atoms with E-state index in [1.807, 2.05) is 18.2 Å². The molecule has 6 nitrogen and oxygen atoms in total. The zero-order valence-corrected chi connectivity index (χ0v) is 24.1. The fraction of sp³-hybridized carbons (Fsp3) is 0.767. The lowest BCUT2D eigenvalue weighted by atomic mass is 9.89. The van der Waals surface area contributed by atoms with Crippen LogP contribution in [0.25, 0.3) is 0 Å². The predicted octanol–water partition coefficient (Wildman–Crippen LogP) is 7.22. The van der Waals surface area contributed by atoms with Crippen molar-refractivity contribution in [3.8, 4) is 6.07 Å². The number of benzene rings is 1. The molecular weight excluding hydrogens is 490 g/mol. The summed E-state index contributed by atoms with van der Waals surface area (Å²) in [6, 6.07) is 8.01. The van der Waals surface area contributed by atoms with Crippen molar-refractivity contribution >= 4 is 11.6 Å². The molecule has 0 amide bonds. The highest BCUT2D eigenvalue weighted by Crippen LogP contribution is 2.38. The first-order valence-electron chi connectivity index (χ1n) is 14.3. The summed E-state index contributed by atoms with van der Waals surface area (Å²) in [6.07, 6.45) is 6.74. The van der Waals surface area contributed by atoms with Gasteiger partial charge in [0.05, 0.1) is 19.1 Å².